The van der Waals surface area contributed by atoms with Gasteiger partial charge in [-0.2, -0.15) is 0 Å². The molecule has 0 saturated carbocycles. The number of aromatic hydroxyl groups is 1. The average molecular weight is 323 g/mol. The Kier molecular flexibility index (Phi) is 4.63. The van der Waals surface area contributed by atoms with Crippen LogP contribution in [-0.2, 0) is 6.61 Å². The number of rotatable bonds is 5. The van der Waals surface area contributed by atoms with Crippen LogP contribution >= 0.6 is 0 Å². The largest absolute Gasteiger partial charge is 0.504 e. The number of hydrogen-bond donors (Lipinski definition) is 2. The average Bonchev–Trinajstić information content (AvgIpc) is 3.01. The highest BCUT2D eigenvalue weighted by Crippen LogP contribution is 2.26. The number of allylic oxidation sites excluding steroid dienone is 2. The third kappa shape index (κ3) is 3.47. The summed E-state index contributed by atoms with van der Waals surface area (Å²) in [7, 11) is 1.51. The number of aliphatic hydroxyl groups excluding tert-OH is 1. The van der Waals surface area contributed by atoms with Crippen LogP contribution < -0.4 is 4.74 Å². The monoisotopic (exact) mass is 323 g/mol. The van der Waals surface area contributed by atoms with Crippen molar-refractivity contribution >= 4 is 23.3 Å². The molecule has 2 N–H and O–H groups in total. The van der Waals surface area contributed by atoms with Crippen molar-refractivity contribution in [2.45, 2.75) is 6.61 Å². The van der Waals surface area contributed by atoms with E-state index in [1.807, 2.05) is 30.4 Å². The van der Waals surface area contributed by atoms with Gasteiger partial charge in [0.25, 0.3) is 0 Å². The zero-order chi connectivity index (χ0) is 16.9. The van der Waals surface area contributed by atoms with Crippen molar-refractivity contribution in [2.75, 3.05) is 7.11 Å². The first-order valence-electron chi connectivity index (χ1n) is 7.41. The molecule has 122 valence electrons. The molecule has 1 heterocycles. The highest BCUT2D eigenvalue weighted by atomic mass is 16.5. The van der Waals surface area contributed by atoms with Gasteiger partial charge in [-0.3, -0.25) is 0 Å². The van der Waals surface area contributed by atoms with Crippen molar-refractivity contribution in [3.8, 4) is 11.5 Å². The molecule has 0 aliphatic heterocycles. The lowest BCUT2D eigenvalue weighted by molar-refractivity contribution is 0.282. The lowest BCUT2D eigenvalue weighted by atomic mass is 10.2. The van der Waals surface area contributed by atoms with Gasteiger partial charge in [0.05, 0.1) is 13.7 Å². The molecule has 0 unspecified atom stereocenters. The summed E-state index contributed by atoms with van der Waals surface area (Å²) in [5.41, 5.74) is 3.09. The van der Waals surface area contributed by atoms with Crippen LogP contribution in [-0.4, -0.2) is 22.3 Å². The van der Waals surface area contributed by atoms with Crippen LogP contribution in [0.4, 0.5) is 0 Å². The Bertz CT molecular complexity index is 909. The highest BCUT2D eigenvalue weighted by Gasteiger charge is 2.03. The molecule has 0 amide bonds. The Morgan fingerprint density at radius 3 is 2.75 bits per heavy atom. The minimum absolute atomic E-state index is 0.0271. The number of aromatic nitrogens is 1. The van der Waals surface area contributed by atoms with Gasteiger partial charge in [0.2, 0.25) is 5.89 Å². The Labute approximate surface area is 139 Å². The first kappa shape index (κ1) is 15.8. The topological polar surface area (TPSA) is 75.7 Å². The molecule has 2 aromatic carbocycles. The zero-order valence-electron chi connectivity index (χ0n) is 13.1. The Balaban J connectivity index is 1.74. The molecule has 5 nitrogen and oxygen atoms in total. The second-order valence-corrected chi connectivity index (χ2v) is 5.16. The first-order chi connectivity index (χ1) is 11.7. The summed E-state index contributed by atoms with van der Waals surface area (Å²) in [4.78, 5) is 4.35. The summed E-state index contributed by atoms with van der Waals surface area (Å²) < 4.78 is 10.7. The van der Waals surface area contributed by atoms with Crippen LogP contribution in [0.15, 0.2) is 53.0 Å². The third-order valence-corrected chi connectivity index (χ3v) is 3.49. The minimum Gasteiger partial charge on any atom is -0.504 e. The van der Waals surface area contributed by atoms with Gasteiger partial charge in [0.15, 0.2) is 17.1 Å². The van der Waals surface area contributed by atoms with Crippen LogP contribution in [0.2, 0.25) is 0 Å². The van der Waals surface area contributed by atoms with Gasteiger partial charge in [-0.05, 0) is 35.4 Å². The Morgan fingerprint density at radius 1 is 1.12 bits per heavy atom. The summed E-state index contributed by atoms with van der Waals surface area (Å²) in [5.74, 6) is 1.03. The van der Waals surface area contributed by atoms with Crippen molar-refractivity contribution in [3.63, 3.8) is 0 Å². The van der Waals surface area contributed by atoms with Crippen molar-refractivity contribution in [1.29, 1.82) is 0 Å². The molecular weight excluding hydrogens is 306 g/mol. The fourth-order valence-electron chi connectivity index (χ4n) is 2.26. The van der Waals surface area contributed by atoms with E-state index in [0.717, 1.165) is 16.6 Å². The number of nitrogens with zero attached hydrogens (tertiary/aromatic N) is 1. The van der Waals surface area contributed by atoms with E-state index in [1.165, 1.54) is 7.11 Å². The molecule has 0 bridgehead atoms. The third-order valence-electron chi connectivity index (χ3n) is 3.49. The lowest BCUT2D eigenvalue weighted by Gasteiger charge is -2.03. The molecule has 5 heteroatoms. The molecule has 1 aromatic heterocycles. The van der Waals surface area contributed by atoms with Crippen molar-refractivity contribution in [3.05, 3.63) is 65.6 Å². The summed E-state index contributed by atoms with van der Waals surface area (Å²) in [6, 6.07) is 10.5. The molecule has 3 aromatic rings. The SMILES string of the molecule is COc1cc(/C=C/C=C/c2nc3ccc(CO)cc3o2)ccc1O. The summed E-state index contributed by atoms with van der Waals surface area (Å²) in [6.45, 7) is -0.0271. The number of ether oxygens (including phenoxy) is 1. The molecule has 0 aliphatic carbocycles. The lowest BCUT2D eigenvalue weighted by Crippen LogP contribution is -1.83. The van der Waals surface area contributed by atoms with E-state index in [1.54, 1.807) is 30.3 Å². The van der Waals surface area contributed by atoms with Crippen molar-refractivity contribution < 1.29 is 19.4 Å². The van der Waals surface area contributed by atoms with Gasteiger partial charge in [-0.25, -0.2) is 4.98 Å². The predicted molar refractivity (Wildman–Crippen MR) is 92.7 cm³/mol. The number of hydrogen-bond acceptors (Lipinski definition) is 5. The maximum atomic E-state index is 9.56. The number of aliphatic hydroxyl groups is 1. The molecule has 0 saturated heterocycles. The molecule has 0 fully saturated rings. The van der Waals surface area contributed by atoms with Crippen LogP contribution in [0.1, 0.15) is 17.0 Å². The second-order valence-electron chi connectivity index (χ2n) is 5.16. The van der Waals surface area contributed by atoms with Gasteiger partial charge in [-0.1, -0.05) is 30.4 Å². The smallest absolute Gasteiger partial charge is 0.219 e. The first-order valence-corrected chi connectivity index (χ1v) is 7.41. The predicted octanol–water partition coefficient (Wildman–Crippen LogP) is 3.76. The maximum Gasteiger partial charge on any atom is 0.219 e. The number of benzene rings is 2. The quantitative estimate of drug-likeness (QED) is 0.699. The maximum absolute atomic E-state index is 9.56. The fraction of sp³-hybridized carbons (Fsp3) is 0.105. The van der Waals surface area contributed by atoms with Gasteiger partial charge in [0.1, 0.15) is 5.52 Å². The van der Waals surface area contributed by atoms with Gasteiger partial charge < -0.3 is 19.4 Å². The second kappa shape index (κ2) is 7.02. The summed E-state index contributed by atoms with van der Waals surface area (Å²) in [5, 5.41) is 18.7. The number of phenolic OH excluding ortho intramolecular Hbond substituents is 1. The Hall–Kier alpha value is -3.05. The molecule has 0 aliphatic rings. The fourth-order valence-corrected chi connectivity index (χ4v) is 2.26. The zero-order valence-corrected chi connectivity index (χ0v) is 13.1. The molecule has 24 heavy (non-hydrogen) atoms. The van der Waals surface area contributed by atoms with E-state index in [9.17, 15) is 5.11 Å². The van der Waals surface area contributed by atoms with E-state index < -0.39 is 0 Å². The van der Waals surface area contributed by atoms with Crippen LogP contribution in [0.5, 0.6) is 11.5 Å². The van der Waals surface area contributed by atoms with E-state index in [0.29, 0.717) is 17.2 Å². The van der Waals surface area contributed by atoms with Gasteiger partial charge >= 0.3 is 0 Å². The summed E-state index contributed by atoms with van der Waals surface area (Å²) in [6.07, 6.45) is 7.30. The highest BCUT2D eigenvalue weighted by molar-refractivity contribution is 5.74. The van der Waals surface area contributed by atoms with Crippen molar-refractivity contribution in [2.24, 2.45) is 0 Å². The molecular formula is C19H17NO4. The van der Waals surface area contributed by atoms with E-state index >= 15 is 0 Å². The standard InChI is InChI=1S/C19H17NO4/c1-23-18-10-13(7-9-16(18)22)4-2-3-5-19-20-15-8-6-14(12-21)11-17(15)24-19/h2-11,21-22H,12H2,1H3/b4-2+,5-3+. The van der Waals surface area contributed by atoms with E-state index in [4.69, 9.17) is 14.3 Å². The molecule has 0 atom stereocenters. The Morgan fingerprint density at radius 2 is 1.96 bits per heavy atom. The van der Waals surface area contributed by atoms with Gasteiger partial charge in [0, 0.05) is 6.08 Å². The molecule has 0 spiro atoms. The van der Waals surface area contributed by atoms with E-state index in [2.05, 4.69) is 4.98 Å². The molecule has 0 radical (unpaired) electrons. The normalized spacial score (nSPS) is 11.8. The number of fused-ring (bicyclic) bond motifs is 1. The molecule has 3 rings (SSSR count). The van der Waals surface area contributed by atoms with Crippen LogP contribution in [0.25, 0.3) is 23.3 Å². The minimum atomic E-state index is -0.0271. The summed E-state index contributed by atoms with van der Waals surface area (Å²) >= 11 is 0. The number of phenols is 1. The van der Waals surface area contributed by atoms with Crippen LogP contribution in [0, 0.1) is 0 Å². The van der Waals surface area contributed by atoms with E-state index in [-0.39, 0.29) is 12.4 Å². The number of oxazole rings is 1. The number of methoxy groups -OCH3 is 1. The van der Waals surface area contributed by atoms with Crippen molar-refractivity contribution in [1.82, 2.24) is 4.98 Å². The van der Waals surface area contributed by atoms with Gasteiger partial charge in [-0.15, -0.1) is 0 Å². The van der Waals surface area contributed by atoms with Crippen LogP contribution in [0.3, 0.4) is 0 Å².